The standard InChI is InChI=1S/C13H14O3/c14-9-2-4-13(7-9)3-1-8-5-10(15)6-11(16)12(8)13/h5-6,15-16H,1-4,7H2. The lowest BCUT2D eigenvalue weighted by Crippen LogP contribution is -2.18. The zero-order valence-corrected chi connectivity index (χ0v) is 8.99. The van der Waals surface area contributed by atoms with Gasteiger partial charge in [0.15, 0.2) is 0 Å². The molecular weight excluding hydrogens is 204 g/mol. The number of aryl methyl sites for hydroxylation is 1. The molecule has 0 amide bonds. The molecule has 3 nitrogen and oxygen atoms in total. The first-order valence-electron chi connectivity index (χ1n) is 5.68. The van der Waals surface area contributed by atoms with Crippen LogP contribution in [0.1, 0.15) is 36.8 Å². The van der Waals surface area contributed by atoms with Gasteiger partial charge in [-0.2, -0.15) is 0 Å². The number of ketones is 1. The molecule has 0 aliphatic heterocycles. The Hall–Kier alpha value is -1.51. The number of rotatable bonds is 0. The van der Waals surface area contributed by atoms with Crippen LogP contribution in [0.3, 0.4) is 0 Å². The molecule has 1 fully saturated rings. The molecule has 1 unspecified atom stereocenters. The van der Waals surface area contributed by atoms with Crippen molar-refractivity contribution in [3.05, 3.63) is 23.3 Å². The number of hydrogen-bond acceptors (Lipinski definition) is 3. The van der Waals surface area contributed by atoms with Crippen molar-refractivity contribution in [3.8, 4) is 11.5 Å². The predicted octanol–water partition coefficient (Wildman–Crippen LogP) is 2.03. The molecule has 1 atom stereocenters. The van der Waals surface area contributed by atoms with Crippen molar-refractivity contribution in [2.75, 3.05) is 0 Å². The van der Waals surface area contributed by atoms with E-state index in [0.29, 0.717) is 18.6 Å². The van der Waals surface area contributed by atoms with E-state index in [2.05, 4.69) is 0 Å². The van der Waals surface area contributed by atoms with Crippen molar-refractivity contribution in [3.63, 3.8) is 0 Å². The number of Topliss-reactive ketones (excluding diaryl/α,β-unsaturated/α-hetero) is 1. The van der Waals surface area contributed by atoms with E-state index in [-0.39, 0.29) is 16.9 Å². The highest BCUT2D eigenvalue weighted by molar-refractivity contribution is 5.83. The monoisotopic (exact) mass is 218 g/mol. The first-order chi connectivity index (χ1) is 7.61. The molecule has 1 saturated carbocycles. The second kappa shape index (κ2) is 3.00. The Bertz CT molecular complexity index is 478. The quantitative estimate of drug-likeness (QED) is 0.700. The molecule has 1 aromatic carbocycles. The number of phenols is 2. The summed E-state index contributed by atoms with van der Waals surface area (Å²) >= 11 is 0. The van der Waals surface area contributed by atoms with Crippen LogP contribution in [0.15, 0.2) is 12.1 Å². The Morgan fingerprint density at radius 2 is 1.88 bits per heavy atom. The minimum atomic E-state index is -0.135. The van der Waals surface area contributed by atoms with Gasteiger partial charge in [0.25, 0.3) is 0 Å². The number of carbonyl (C=O) groups is 1. The van der Waals surface area contributed by atoms with E-state index in [4.69, 9.17) is 0 Å². The zero-order valence-electron chi connectivity index (χ0n) is 8.99. The average Bonchev–Trinajstić information content (AvgIpc) is 2.73. The highest BCUT2D eigenvalue weighted by atomic mass is 16.3. The maximum atomic E-state index is 11.5. The van der Waals surface area contributed by atoms with Crippen molar-refractivity contribution in [1.82, 2.24) is 0 Å². The van der Waals surface area contributed by atoms with E-state index >= 15 is 0 Å². The summed E-state index contributed by atoms with van der Waals surface area (Å²) in [5.41, 5.74) is 1.79. The van der Waals surface area contributed by atoms with Crippen molar-refractivity contribution in [2.24, 2.45) is 0 Å². The fourth-order valence-electron chi connectivity index (χ4n) is 3.34. The Morgan fingerprint density at radius 3 is 2.56 bits per heavy atom. The first-order valence-corrected chi connectivity index (χ1v) is 5.68. The van der Waals surface area contributed by atoms with Crippen LogP contribution in [0.4, 0.5) is 0 Å². The number of carbonyl (C=O) groups excluding carboxylic acids is 1. The van der Waals surface area contributed by atoms with E-state index in [1.165, 1.54) is 6.07 Å². The largest absolute Gasteiger partial charge is 0.508 e. The van der Waals surface area contributed by atoms with Gasteiger partial charge < -0.3 is 10.2 Å². The summed E-state index contributed by atoms with van der Waals surface area (Å²) in [4.78, 5) is 11.5. The van der Waals surface area contributed by atoms with Gasteiger partial charge in [0, 0.05) is 29.9 Å². The van der Waals surface area contributed by atoms with Crippen molar-refractivity contribution < 1.29 is 15.0 Å². The Balaban J connectivity index is 2.15. The normalized spacial score (nSPS) is 27.6. The topological polar surface area (TPSA) is 57.5 Å². The van der Waals surface area contributed by atoms with Gasteiger partial charge in [0.2, 0.25) is 0 Å². The summed E-state index contributed by atoms with van der Waals surface area (Å²) in [7, 11) is 0. The Morgan fingerprint density at radius 1 is 1.12 bits per heavy atom. The van der Waals surface area contributed by atoms with Gasteiger partial charge in [-0.3, -0.25) is 4.79 Å². The molecule has 2 aliphatic rings. The molecular formula is C13H14O3. The highest BCUT2D eigenvalue weighted by Crippen LogP contribution is 2.52. The second-order valence-electron chi connectivity index (χ2n) is 4.99. The van der Waals surface area contributed by atoms with Gasteiger partial charge in [-0.05, 0) is 30.9 Å². The first kappa shape index (κ1) is 9.70. The molecule has 1 spiro atoms. The molecule has 2 aliphatic carbocycles. The summed E-state index contributed by atoms with van der Waals surface area (Å²) in [6.07, 6.45) is 3.80. The number of benzene rings is 1. The van der Waals surface area contributed by atoms with Crippen LogP contribution < -0.4 is 0 Å². The molecule has 0 heterocycles. The minimum Gasteiger partial charge on any atom is -0.508 e. The third kappa shape index (κ3) is 1.17. The van der Waals surface area contributed by atoms with Gasteiger partial charge in [-0.1, -0.05) is 0 Å². The Kier molecular flexibility index (Phi) is 1.82. The summed E-state index contributed by atoms with van der Waals surface area (Å²) in [5, 5.41) is 19.4. The van der Waals surface area contributed by atoms with Crippen LogP contribution in [0.2, 0.25) is 0 Å². The summed E-state index contributed by atoms with van der Waals surface area (Å²) in [5.74, 6) is 0.556. The third-order valence-electron chi connectivity index (χ3n) is 4.01. The fourth-order valence-corrected chi connectivity index (χ4v) is 3.34. The third-order valence-corrected chi connectivity index (χ3v) is 4.01. The molecule has 0 saturated heterocycles. The second-order valence-corrected chi connectivity index (χ2v) is 4.99. The smallest absolute Gasteiger partial charge is 0.133 e. The van der Waals surface area contributed by atoms with Crippen LogP contribution in [-0.2, 0) is 16.6 Å². The van der Waals surface area contributed by atoms with Crippen LogP contribution in [-0.4, -0.2) is 16.0 Å². The van der Waals surface area contributed by atoms with E-state index < -0.39 is 0 Å². The number of phenolic OH excluding ortho intramolecular Hbond substituents is 2. The molecule has 2 N–H and O–H groups in total. The SMILES string of the molecule is O=C1CCC2(CCc3cc(O)cc(O)c32)C1. The van der Waals surface area contributed by atoms with Crippen molar-refractivity contribution in [2.45, 2.75) is 37.5 Å². The maximum Gasteiger partial charge on any atom is 0.133 e. The molecule has 84 valence electrons. The average molecular weight is 218 g/mol. The van der Waals surface area contributed by atoms with E-state index in [1.54, 1.807) is 6.07 Å². The number of hydrogen-bond donors (Lipinski definition) is 2. The van der Waals surface area contributed by atoms with E-state index in [1.807, 2.05) is 0 Å². The van der Waals surface area contributed by atoms with Gasteiger partial charge in [0.05, 0.1) is 0 Å². The van der Waals surface area contributed by atoms with Crippen LogP contribution in [0, 0.1) is 0 Å². The van der Waals surface area contributed by atoms with E-state index in [0.717, 1.165) is 30.4 Å². The molecule has 1 aromatic rings. The number of aromatic hydroxyl groups is 2. The molecule has 0 bridgehead atoms. The molecule has 0 aromatic heterocycles. The number of fused-ring (bicyclic) bond motifs is 2. The molecule has 3 rings (SSSR count). The summed E-state index contributed by atoms with van der Waals surface area (Å²) in [6, 6.07) is 3.10. The fraction of sp³-hybridized carbons (Fsp3) is 0.462. The predicted molar refractivity (Wildman–Crippen MR) is 58.6 cm³/mol. The van der Waals surface area contributed by atoms with Crippen molar-refractivity contribution >= 4 is 5.78 Å². The van der Waals surface area contributed by atoms with Gasteiger partial charge in [-0.25, -0.2) is 0 Å². The Labute approximate surface area is 93.7 Å². The molecule has 3 heteroatoms. The lowest BCUT2D eigenvalue weighted by atomic mass is 9.80. The van der Waals surface area contributed by atoms with Crippen LogP contribution >= 0.6 is 0 Å². The maximum absolute atomic E-state index is 11.5. The van der Waals surface area contributed by atoms with Crippen molar-refractivity contribution in [1.29, 1.82) is 0 Å². The van der Waals surface area contributed by atoms with Crippen LogP contribution in [0.25, 0.3) is 0 Å². The summed E-state index contributed by atoms with van der Waals surface area (Å²) < 4.78 is 0. The molecule has 0 radical (unpaired) electrons. The van der Waals surface area contributed by atoms with Gasteiger partial charge >= 0.3 is 0 Å². The van der Waals surface area contributed by atoms with Gasteiger partial charge in [0.1, 0.15) is 17.3 Å². The van der Waals surface area contributed by atoms with Gasteiger partial charge in [-0.15, -0.1) is 0 Å². The minimum absolute atomic E-state index is 0.109. The summed E-state index contributed by atoms with van der Waals surface area (Å²) in [6.45, 7) is 0. The zero-order chi connectivity index (χ0) is 11.3. The lowest BCUT2D eigenvalue weighted by molar-refractivity contribution is -0.117. The molecule has 16 heavy (non-hydrogen) atoms. The van der Waals surface area contributed by atoms with E-state index in [9.17, 15) is 15.0 Å². The van der Waals surface area contributed by atoms with Crippen LogP contribution in [0.5, 0.6) is 11.5 Å². The lowest BCUT2D eigenvalue weighted by Gasteiger charge is -2.24. The highest BCUT2D eigenvalue weighted by Gasteiger charge is 2.46.